The molecule has 1 aromatic heterocycles. The van der Waals surface area contributed by atoms with Gasteiger partial charge in [-0.3, -0.25) is 4.79 Å². The second-order valence-corrected chi connectivity index (χ2v) is 4.09. The lowest BCUT2D eigenvalue weighted by Gasteiger charge is -2.12. The average molecular weight is 257 g/mol. The van der Waals surface area contributed by atoms with Gasteiger partial charge in [0.1, 0.15) is 6.04 Å². The Morgan fingerprint density at radius 2 is 2.06 bits per heavy atom. The third kappa shape index (κ3) is 2.55. The number of carbonyl (C=O) groups is 1. The molecule has 1 fully saturated rings. The summed E-state index contributed by atoms with van der Waals surface area (Å²) in [5.41, 5.74) is 0. The van der Waals surface area contributed by atoms with Crippen molar-refractivity contribution in [2.24, 2.45) is 0 Å². The molecule has 8 heteroatoms. The van der Waals surface area contributed by atoms with Crippen LogP contribution in [0, 0.1) is 0 Å². The van der Waals surface area contributed by atoms with Gasteiger partial charge in [-0.1, -0.05) is 0 Å². The number of rotatable bonds is 3. The van der Waals surface area contributed by atoms with Crippen LogP contribution in [0.1, 0.15) is 6.42 Å². The minimum Gasteiger partial charge on any atom is -0.357 e. The first-order valence-corrected chi connectivity index (χ1v) is 5.59. The molecule has 0 aromatic carbocycles. The summed E-state index contributed by atoms with van der Waals surface area (Å²) >= 11 is 5.74. The molecule has 1 aliphatic heterocycles. The summed E-state index contributed by atoms with van der Waals surface area (Å²) in [6.45, 7) is 0.730. The van der Waals surface area contributed by atoms with Crippen LogP contribution in [-0.4, -0.2) is 52.4 Å². The van der Waals surface area contributed by atoms with Crippen LogP contribution in [0.2, 0.25) is 5.28 Å². The van der Waals surface area contributed by atoms with Gasteiger partial charge in [0.25, 0.3) is 0 Å². The van der Waals surface area contributed by atoms with E-state index in [0.29, 0.717) is 11.9 Å². The molecule has 2 rings (SSSR count). The van der Waals surface area contributed by atoms with E-state index in [1.807, 2.05) is 0 Å². The van der Waals surface area contributed by atoms with Gasteiger partial charge in [-0.25, -0.2) is 0 Å². The highest BCUT2D eigenvalue weighted by atomic mass is 35.5. The summed E-state index contributed by atoms with van der Waals surface area (Å²) in [5, 5.41) is 5.82. The zero-order valence-corrected chi connectivity index (χ0v) is 10.3. The zero-order valence-electron chi connectivity index (χ0n) is 9.57. The third-order valence-electron chi connectivity index (χ3n) is 2.56. The Kier molecular flexibility index (Phi) is 3.28. The van der Waals surface area contributed by atoms with Gasteiger partial charge in [0.05, 0.1) is 0 Å². The lowest BCUT2D eigenvalue weighted by atomic mass is 10.2. The number of halogens is 1. The van der Waals surface area contributed by atoms with Gasteiger partial charge >= 0.3 is 0 Å². The first-order valence-electron chi connectivity index (χ1n) is 5.21. The molecule has 0 spiro atoms. The van der Waals surface area contributed by atoms with Crippen molar-refractivity contribution in [2.75, 3.05) is 31.3 Å². The van der Waals surface area contributed by atoms with E-state index >= 15 is 0 Å². The number of aromatic nitrogens is 3. The maximum Gasteiger partial charge on any atom is 0.244 e. The van der Waals surface area contributed by atoms with E-state index in [4.69, 9.17) is 11.6 Å². The molecule has 92 valence electrons. The third-order valence-corrected chi connectivity index (χ3v) is 2.73. The molecule has 2 heterocycles. The van der Waals surface area contributed by atoms with Crippen molar-refractivity contribution in [2.45, 2.75) is 12.5 Å². The fourth-order valence-electron chi connectivity index (χ4n) is 1.64. The van der Waals surface area contributed by atoms with Crippen LogP contribution in [0.15, 0.2) is 0 Å². The van der Waals surface area contributed by atoms with Crippen molar-refractivity contribution in [3.63, 3.8) is 0 Å². The molecule has 1 aliphatic rings. The van der Waals surface area contributed by atoms with E-state index in [9.17, 15) is 4.79 Å². The topological polar surface area (TPSA) is 83.0 Å². The normalized spacial score (nSPS) is 19.6. The summed E-state index contributed by atoms with van der Waals surface area (Å²) in [7, 11) is 3.45. The predicted molar refractivity (Wildman–Crippen MR) is 64.0 cm³/mol. The molecule has 1 unspecified atom stereocenters. The van der Waals surface area contributed by atoms with Crippen LogP contribution in [0.5, 0.6) is 0 Å². The molecule has 1 amide bonds. The van der Waals surface area contributed by atoms with Crippen LogP contribution < -0.4 is 10.6 Å². The van der Waals surface area contributed by atoms with E-state index in [-0.39, 0.29) is 17.2 Å². The molecule has 1 saturated heterocycles. The van der Waals surface area contributed by atoms with Gasteiger partial charge in [0, 0.05) is 20.6 Å². The number of likely N-dealkylation sites (N-methyl/N-ethyl adjacent to an activating group) is 1. The smallest absolute Gasteiger partial charge is 0.244 e. The minimum atomic E-state index is -0.289. The lowest BCUT2D eigenvalue weighted by molar-refractivity contribution is -0.127. The highest BCUT2D eigenvalue weighted by molar-refractivity contribution is 6.28. The van der Waals surface area contributed by atoms with E-state index in [0.717, 1.165) is 13.0 Å². The number of anilines is 2. The van der Waals surface area contributed by atoms with Crippen LogP contribution in [0.4, 0.5) is 11.9 Å². The van der Waals surface area contributed by atoms with Gasteiger partial charge in [0.15, 0.2) is 0 Å². The molecule has 1 atom stereocenters. The van der Waals surface area contributed by atoms with E-state index in [1.54, 1.807) is 19.0 Å². The summed E-state index contributed by atoms with van der Waals surface area (Å²) in [6, 6.07) is -0.289. The second kappa shape index (κ2) is 4.70. The molecular formula is C9H13ClN6O. The number of hydrogen-bond acceptors (Lipinski definition) is 6. The number of amides is 1. The fraction of sp³-hybridized carbons (Fsp3) is 0.556. The Hall–Kier alpha value is -1.63. The number of nitrogens with one attached hydrogen (secondary N) is 2. The number of carbonyl (C=O) groups excluding carboxylic acids is 1. The number of hydrogen-bond donors (Lipinski definition) is 2. The second-order valence-electron chi connectivity index (χ2n) is 3.75. The first-order chi connectivity index (χ1) is 8.10. The SMILES string of the molecule is CNc1nc(Cl)nc(NC2CCN(C)C2=O)n1. The molecule has 0 radical (unpaired) electrons. The first kappa shape index (κ1) is 11.8. The quantitative estimate of drug-likeness (QED) is 0.804. The molecule has 17 heavy (non-hydrogen) atoms. The highest BCUT2D eigenvalue weighted by Crippen LogP contribution is 2.15. The zero-order chi connectivity index (χ0) is 12.4. The lowest BCUT2D eigenvalue weighted by Crippen LogP contribution is -2.31. The maximum absolute atomic E-state index is 11.7. The highest BCUT2D eigenvalue weighted by Gasteiger charge is 2.29. The maximum atomic E-state index is 11.7. The summed E-state index contributed by atoms with van der Waals surface area (Å²) in [5.74, 6) is 0.710. The van der Waals surface area contributed by atoms with Gasteiger partial charge in [-0.2, -0.15) is 15.0 Å². The van der Waals surface area contributed by atoms with Crippen LogP contribution in [0.25, 0.3) is 0 Å². The molecule has 1 aromatic rings. The molecule has 2 N–H and O–H groups in total. The van der Waals surface area contributed by atoms with Crippen molar-refractivity contribution in [3.05, 3.63) is 5.28 Å². The Bertz CT molecular complexity index is 439. The van der Waals surface area contributed by atoms with Crippen molar-refractivity contribution in [1.82, 2.24) is 19.9 Å². The van der Waals surface area contributed by atoms with Gasteiger partial charge in [-0.15, -0.1) is 0 Å². The average Bonchev–Trinajstić information content (AvgIpc) is 2.60. The van der Waals surface area contributed by atoms with Crippen LogP contribution in [0.3, 0.4) is 0 Å². The predicted octanol–water partition coefficient (Wildman–Crippen LogP) is 0.209. The van der Waals surface area contributed by atoms with E-state index < -0.39 is 0 Å². The monoisotopic (exact) mass is 256 g/mol. The van der Waals surface area contributed by atoms with Gasteiger partial charge < -0.3 is 15.5 Å². The molecule has 0 aliphatic carbocycles. The molecular weight excluding hydrogens is 244 g/mol. The molecule has 0 saturated carbocycles. The number of nitrogens with zero attached hydrogens (tertiary/aromatic N) is 4. The van der Waals surface area contributed by atoms with Crippen LogP contribution in [-0.2, 0) is 4.79 Å². The van der Waals surface area contributed by atoms with Gasteiger partial charge in [-0.05, 0) is 18.0 Å². The van der Waals surface area contributed by atoms with Crippen molar-refractivity contribution < 1.29 is 4.79 Å². The minimum absolute atomic E-state index is 0.0348. The summed E-state index contributed by atoms with van der Waals surface area (Å²) in [4.78, 5) is 25.2. The van der Waals surface area contributed by atoms with E-state index in [1.165, 1.54) is 0 Å². The van der Waals surface area contributed by atoms with E-state index in [2.05, 4.69) is 25.6 Å². The summed E-state index contributed by atoms with van der Waals surface area (Å²) in [6.07, 6.45) is 0.730. The standard InChI is InChI=1S/C9H13ClN6O/c1-11-8-13-7(10)14-9(15-8)12-5-3-4-16(2)6(5)17/h5H,3-4H2,1-2H3,(H2,11,12,13,14,15). The summed E-state index contributed by atoms with van der Waals surface area (Å²) < 4.78 is 0. The molecule has 0 bridgehead atoms. The van der Waals surface area contributed by atoms with Crippen molar-refractivity contribution in [1.29, 1.82) is 0 Å². The van der Waals surface area contributed by atoms with Crippen molar-refractivity contribution in [3.8, 4) is 0 Å². The Labute approximate surface area is 104 Å². The van der Waals surface area contributed by atoms with Crippen LogP contribution >= 0.6 is 11.6 Å². The van der Waals surface area contributed by atoms with Gasteiger partial charge in [0.2, 0.25) is 23.1 Å². The number of likely N-dealkylation sites (tertiary alicyclic amines) is 1. The largest absolute Gasteiger partial charge is 0.357 e. The Balaban J connectivity index is 2.13. The van der Waals surface area contributed by atoms with Crippen molar-refractivity contribution >= 4 is 29.4 Å². The fourth-order valence-corrected chi connectivity index (χ4v) is 1.80. The molecule has 7 nitrogen and oxygen atoms in total. The Morgan fingerprint density at radius 3 is 2.65 bits per heavy atom. The Morgan fingerprint density at radius 1 is 1.35 bits per heavy atom.